The number of sulfonamides is 1. The number of halogens is 1. The third-order valence-electron chi connectivity index (χ3n) is 2.71. The third-order valence-corrected chi connectivity index (χ3v) is 4.42. The van der Waals surface area contributed by atoms with Crippen LogP contribution in [0.25, 0.3) is 0 Å². The lowest BCUT2D eigenvalue weighted by atomic mass is 10.2. The fraction of sp³-hybridized carbons (Fsp3) is 0.0714. The monoisotopic (exact) mass is 322 g/mol. The lowest BCUT2D eigenvalue weighted by Crippen LogP contribution is -2.13. The van der Waals surface area contributed by atoms with Crippen molar-refractivity contribution < 1.29 is 13.2 Å². The summed E-state index contributed by atoms with van der Waals surface area (Å²) in [7, 11) is -2.29. The molecule has 0 saturated heterocycles. The van der Waals surface area contributed by atoms with E-state index < -0.39 is 10.0 Å². The van der Waals surface area contributed by atoms with Gasteiger partial charge in [-0.3, -0.25) is 4.72 Å². The van der Waals surface area contributed by atoms with Crippen molar-refractivity contribution in [2.75, 3.05) is 11.8 Å². The molecule has 0 amide bonds. The Kier molecular flexibility index (Phi) is 4.36. The van der Waals surface area contributed by atoms with Gasteiger partial charge in [-0.05, 0) is 42.5 Å². The van der Waals surface area contributed by atoms with Gasteiger partial charge in [-0.15, -0.1) is 0 Å². The minimum Gasteiger partial charge on any atom is -0.497 e. The van der Waals surface area contributed by atoms with Gasteiger partial charge in [-0.1, -0.05) is 11.6 Å². The van der Waals surface area contributed by atoms with Gasteiger partial charge in [0.25, 0.3) is 10.0 Å². The van der Waals surface area contributed by atoms with Crippen LogP contribution in [0.5, 0.6) is 5.75 Å². The predicted molar refractivity (Wildman–Crippen MR) is 80.0 cm³/mol. The van der Waals surface area contributed by atoms with Crippen LogP contribution in [0.2, 0.25) is 5.02 Å². The van der Waals surface area contributed by atoms with E-state index in [4.69, 9.17) is 21.6 Å². The molecule has 21 heavy (non-hydrogen) atoms. The molecule has 0 fully saturated rings. The van der Waals surface area contributed by atoms with Gasteiger partial charge >= 0.3 is 0 Å². The van der Waals surface area contributed by atoms with Crippen LogP contribution in [0, 0.1) is 11.3 Å². The summed E-state index contributed by atoms with van der Waals surface area (Å²) >= 11 is 5.94. The third kappa shape index (κ3) is 3.45. The quantitative estimate of drug-likeness (QED) is 0.938. The molecule has 0 heterocycles. The Morgan fingerprint density at radius 3 is 2.43 bits per heavy atom. The summed E-state index contributed by atoms with van der Waals surface area (Å²) in [4.78, 5) is 0.0710. The van der Waals surface area contributed by atoms with Gasteiger partial charge in [0.05, 0.1) is 34.3 Å². The number of hydrogen-bond acceptors (Lipinski definition) is 4. The van der Waals surface area contributed by atoms with E-state index in [-0.39, 0.29) is 15.6 Å². The van der Waals surface area contributed by atoms with Crippen molar-refractivity contribution in [1.82, 2.24) is 0 Å². The van der Waals surface area contributed by atoms with Crippen LogP contribution in [0.15, 0.2) is 47.4 Å². The summed E-state index contributed by atoms with van der Waals surface area (Å²) in [6.45, 7) is 0. The molecular weight excluding hydrogens is 312 g/mol. The zero-order valence-corrected chi connectivity index (χ0v) is 12.6. The molecule has 0 unspecified atom stereocenters. The number of anilines is 1. The Labute approximate surface area is 127 Å². The van der Waals surface area contributed by atoms with Crippen molar-refractivity contribution in [3.63, 3.8) is 0 Å². The van der Waals surface area contributed by atoms with Crippen molar-refractivity contribution in [1.29, 1.82) is 5.26 Å². The molecule has 0 saturated carbocycles. The molecule has 0 aromatic heterocycles. The lowest BCUT2D eigenvalue weighted by molar-refractivity contribution is 0.414. The minimum absolute atomic E-state index is 0.0710. The number of rotatable bonds is 4. The molecule has 108 valence electrons. The van der Waals surface area contributed by atoms with Gasteiger partial charge in [0.2, 0.25) is 0 Å². The van der Waals surface area contributed by atoms with E-state index in [0.29, 0.717) is 11.3 Å². The van der Waals surface area contributed by atoms with E-state index in [9.17, 15) is 8.42 Å². The second-order valence-corrected chi connectivity index (χ2v) is 6.18. The summed E-state index contributed by atoms with van der Waals surface area (Å²) < 4.78 is 31.9. The molecule has 0 aliphatic heterocycles. The van der Waals surface area contributed by atoms with E-state index in [1.54, 1.807) is 12.1 Å². The highest BCUT2D eigenvalue weighted by atomic mass is 35.5. The summed E-state index contributed by atoms with van der Waals surface area (Å²) in [5.41, 5.74) is 0.471. The Hall–Kier alpha value is -2.23. The lowest BCUT2D eigenvalue weighted by Gasteiger charge is -2.10. The number of nitrogens with zero attached hydrogens (tertiary/aromatic N) is 1. The van der Waals surface area contributed by atoms with E-state index in [1.807, 2.05) is 6.07 Å². The van der Waals surface area contributed by atoms with E-state index in [1.165, 1.54) is 37.4 Å². The predicted octanol–water partition coefficient (Wildman–Crippen LogP) is 3.02. The number of benzene rings is 2. The first kappa shape index (κ1) is 15.2. The average molecular weight is 323 g/mol. The maximum Gasteiger partial charge on any atom is 0.261 e. The molecule has 2 rings (SSSR count). The van der Waals surface area contributed by atoms with E-state index >= 15 is 0 Å². The summed E-state index contributed by atoms with van der Waals surface area (Å²) in [5, 5.41) is 9.06. The SMILES string of the molecule is COc1ccc(S(=O)(=O)Nc2cc(C#N)ccc2Cl)cc1. The molecule has 0 aliphatic carbocycles. The Bertz CT molecular complexity index is 796. The Balaban J connectivity index is 2.35. The average Bonchev–Trinajstić information content (AvgIpc) is 2.49. The van der Waals surface area contributed by atoms with Gasteiger partial charge < -0.3 is 4.74 Å². The molecule has 5 nitrogen and oxygen atoms in total. The Morgan fingerprint density at radius 2 is 1.86 bits per heavy atom. The van der Waals surface area contributed by atoms with Gasteiger partial charge in [-0.25, -0.2) is 8.42 Å². The highest BCUT2D eigenvalue weighted by Gasteiger charge is 2.16. The molecule has 0 radical (unpaired) electrons. The number of hydrogen-bond donors (Lipinski definition) is 1. The first-order chi connectivity index (χ1) is 9.96. The molecule has 0 spiro atoms. The molecule has 2 aromatic carbocycles. The summed E-state index contributed by atoms with van der Waals surface area (Å²) in [6, 6.07) is 12.2. The highest BCUT2D eigenvalue weighted by molar-refractivity contribution is 7.92. The molecular formula is C14H11ClN2O3S. The van der Waals surface area contributed by atoms with Crippen molar-refractivity contribution in [3.05, 3.63) is 53.1 Å². The van der Waals surface area contributed by atoms with Crippen LogP contribution in [-0.2, 0) is 10.0 Å². The van der Waals surface area contributed by atoms with Crippen LogP contribution >= 0.6 is 11.6 Å². The standard InChI is InChI=1S/C14H11ClN2O3S/c1-20-11-3-5-12(6-4-11)21(18,19)17-14-8-10(9-16)2-7-13(14)15/h2-8,17H,1H3. The number of nitriles is 1. The van der Waals surface area contributed by atoms with Gasteiger partial charge in [-0.2, -0.15) is 5.26 Å². The van der Waals surface area contributed by atoms with Crippen LogP contribution in [0.3, 0.4) is 0 Å². The van der Waals surface area contributed by atoms with Crippen LogP contribution in [0.4, 0.5) is 5.69 Å². The maximum absolute atomic E-state index is 12.3. The molecule has 0 aliphatic rings. The zero-order chi connectivity index (χ0) is 15.5. The highest BCUT2D eigenvalue weighted by Crippen LogP contribution is 2.26. The normalized spacial score (nSPS) is 10.7. The van der Waals surface area contributed by atoms with E-state index in [2.05, 4.69) is 4.72 Å². The first-order valence-electron chi connectivity index (χ1n) is 5.83. The Morgan fingerprint density at radius 1 is 1.19 bits per heavy atom. The van der Waals surface area contributed by atoms with Gasteiger partial charge in [0.15, 0.2) is 0 Å². The van der Waals surface area contributed by atoms with E-state index in [0.717, 1.165) is 0 Å². The van der Waals surface area contributed by atoms with Crippen molar-refractivity contribution in [2.45, 2.75) is 4.90 Å². The fourth-order valence-corrected chi connectivity index (χ4v) is 2.92. The number of ether oxygens (including phenoxy) is 1. The van der Waals surface area contributed by atoms with Gasteiger partial charge in [0, 0.05) is 0 Å². The second-order valence-electron chi connectivity index (χ2n) is 4.09. The molecule has 0 atom stereocenters. The van der Waals surface area contributed by atoms with Crippen molar-refractivity contribution in [2.24, 2.45) is 0 Å². The largest absolute Gasteiger partial charge is 0.497 e. The molecule has 0 bridgehead atoms. The summed E-state index contributed by atoms with van der Waals surface area (Å²) in [6.07, 6.45) is 0. The van der Waals surface area contributed by atoms with Crippen LogP contribution in [-0.4, -0.2) is 15.5 Å². The maximum atomic E-state index is 12.3. The first-order valence-corrected chi connectivity index (χ1v) is 7.69. The number of methoxy groups -OCH3 is 1. The smallest absolute Gasteiger partial charge is 0.261 e. The molecule has 1 N–H and O–H groups in total. The topological polar surface area (TPSA) is 79.2 Å². The second kappa shape index (κ2) is 6.04. The van der Waals surface area contributed by atoms with Gasteiger partial charge in [0.1, 0.15) is 5.75 Å². The molecule has 7 heteroatoms. The van der Waals surface area contributed by atoms with Crippen molar-refractivity contribution in [3.8, 4) is 11.8 Å². The summed E-state index contributed by atoms with van der Waals surface area (Å²) in [5.74, 6) is 0.554. The fourth-order valence-electron chi connectivity index (χ4n) is 1.63. The number of nitrogens with one attached hydrogen (secondary N) is 1. The minimum atomic E-state index is -3.79. The van der Waals surface area contributed by atoms with Crippen LogP contribution in [0.1, 0.15) is 5.56 Å². The molecule has 2 aromatic rings. The zero-order valence-electron chi connectivity index (χ0n) is 11.0. The van der Waals surface area contributed by atoms with Crippen LogP contribution < -0.4 is 9.46 Å². The van der Waals surface area contributed by atoms with Crippen molar-refractivity contribution >= 4 is 27.3 Å².